The van der Waals surface area contributed by atoms with E-state index in [0.29, 0.717) is 36.8 Å². The van der Waals surface area contributed by atoms with Crippen LogP contribution in [0.15, 0.2) is 30.5 Å². The highest BCUT2D eigenvalue weighted by atomic mass is 16.3. The van der Waals surface area contributed by atoms with Crippen molar-refractivity contribution >= 4 is 17.6 Å². The lowest BCUT2D eigenvalue weighted by Gasteiger charge is -2.34. The van der Waals surface area contributed by atoms with E-state index in [1.807, 2.05) is 12.1 Å². The molecule has 0 saturated heterocycles. The fourth-order valence-corrected chi connectivity index (χ4v) is 4.38. The molecule has 34 heavy (non-hydrogen) atoms. The Bertz CT molecular complexity index is 1270. The van der Waals surface area contributed by atoms with Crippen LogP contribution in [0.5, 0.6) is 0 Å². The van der Waals surface area contributed by atoms with Crippen molar-refractivity contribution in [1.82, 2.24) is 29.6 Å². The number of fused-ring (bicyclic) bond motifs is 2. The maximum absolute atomic E-state index is 12.9. The highest BCUT2D eigenvalue weighted by Gasteiger charge is 2.33. The van der Waals surface area contributed by atoms with Crippen molar-refractivity contribution in [3.8, 4) is 11.5 Å². The third-order valence-electron chi connectivity index (χ3n) is 6.42. The number of carbonyl (C=O) groups is 2. The van der Waals surface area contributed by atoms with Gasteiger partial charge in [-0.05, 0) is 56.0 Å². The number of aliphatic hydroxyl groups is 1. The Morgan fingerprint density at radius 1 is 1.15 bits per heavy atom. The number of pyridine rings is 2. The van der Waals surface area contributed by atoms with Gasteiger partial charge in [0.1, 0.15) is 23.0 Å². The molecule has 0 atom stereocenters. The molecule has 0 aliphatic carbocycles. The van der Waals surface area contributed by atoms with E-state index >= 15 is 0 Å². The predicted octanol–water partition coefficient (Wildman–Crippen LogP) is 1.84. The van der Waals surface area contributed by atoms with Crippen molar-refractivity contribution in [2.45, 2.75) is 46.2 Å². The monoisotopic (exact) mass is 461 g/mol. The second kappa shape index (κ2) is 8.60. The molecule has 3 aromatic heterocycles. The van der Waals surface area contributed by atoms with Gasteiger partial charge in [0.05, 0.1) is 12.0 Å². The van der Waals surface area contributed by atoms with E-state index in [9.17, 15) is 14.7 Å². The van der Waals surface area contributed by atoms with Crippen LogP contribution < -0.4 is 5.32 Å². The molecule has 2 N–H and O–H groups in total. The van der Waals surface area contributed by atoms with Crippen LogP contribution in [0.4, 0.5) is 5.82 Å². The van der Waals surface area contributed by atoms with Crippen molar-refractivity contribution in [3.63, 3.8) is 0 Å². The molecule has 5 heterocycles. The first-order valence-electron chi connectivity index (χ1n) is 11.4. The van der Waals surface area contributed by atoms with Crippen LogP contribution in [0.3, 0.4) is 0 Å². The molecular formula is C24H27N7O3. The van der Waals surface area contributed by atoms with Gasteiger partial charge < -0.3 is 19.9 Å². The molecule has 0 saturated carbocycles. The minimum Gasteiger partial charge on any atom is -0.395 e. The third kappa shape index (κ3) is 4.05. The number of rotatable bonds is 5. The van der Waals surface area contributed by atoms with Gasteiger partial charge in [-0.3, -0.25) is 14.6 Å². The predicted molar refractivity (Wildman–Crippen MR) is 124 cm³/mol. The van der Waals surface area contributed by atoms with Crippen molar-refractivity contribution in [1.29, 1.82) is 0 Å². The summed E-state index contributed by atoms with van der Waals surface area (Å²) in [6.07, 6.45) is 4.31. The van der Waals surface area contributed by atoms with E-state index in [0.717, 1.165) is 36.3 Å². The number of amides is 2. The first-order valence-corrected chi connectivity index (χ1v) is 11.4. The van der Waals surface area contributed by atoms with Gasteiger partial charge in [-0.2, -0.15) is 0 Å². The summed E-state index contributed by atoms with van der Waals surface area (Å²) in [6, 6.07) is 7.12. The van der Waals surface area contributed by atoms with E-state index in [-0.39, 0.29) is 24.1 Å². The van der Waals surface area contributed by atoms with Gasteiger partial charge in [0.25, 0.3) is 5.91 Å². The van der Waals surface area contributed by atoms with Gasteiger partial charge in [-0.1, -0.05) is 6.07 Å². The smallest absolute Gasteiger partial charge is 0.275 e. The zero-order chi connectivity index (χ0) is 23.9. The minimum absolute atomic E-state index is 0.107. The van der Waals surface area contributed by atoms with Gasteiger partial charge in [0, 0.05) is 32.3 Å². The Balaban J connectivity index is 1.33. The number of nitrogens with zero attached hydrogens (tertiary/aromatic N) is 6. The zero-order valence-electron chi connectivity index (χ0n) is 19.3. The van der Waals surface area contributed by atoms with Crippen LogP contribution in [0.25, 0.3) is 11.5 Å². The van der Waals surface area contributed by atoms with Crippen LogP contribution in [-0.2, 0) is 30.7 Å². The Hall–Kier alpha value is -3.66. The zero-order valence-corrected chi connectivity index (χ0v) is 19.3. The third-order valence-corrected chi connectivity index (χ3v) is 6.42. The summed E-state index contributed by atoms with van der Waals surface area (Å²) >= 11 is 0. The number of aromatic nitrogens is 5. The number of hydrogen-bond donors (Lipinski definition) is 2. The number of carbonyl (C=O) groups excluding carboxylic acids is 2. The quantitative estimate of drug-likeness (QED) is 0.594. The molecule has 176 valence electrons. The molecule has 5 rings (SSSR count). The van der Waals surface area contributed by atoms with E-state index in [1.165, 1.54) is 0 Å². The second-order valence-electron chi connectivity index (χ2n) is 9.41. The summed E-state index contributed by atoms with van der Waals surface area (Å²) in [5.41, 5.74) is 1.96. The van der Waals surface area contributed by atoms with Crippen LogP contribution in [0.2, 0.25) is 0 Å². The lowest BCUT2D eigenvalue weighted by atomic mass is 9.91. The van der Waals surface area contributed by atoms with Crippen LogP contribution in [0.1, 0.15) is 47.7 Å². The Morgan fingerprint density at radius 2 is 2.00 bits per heavy atom. The van der Waals surface area contributed by atoms with E-state index in [4.69, 9.17) is 0 Å². The summed E-state index contributed by atoms with van der Waals surface area (Å²) in [4.78, 5) is 36.3. The fraction of sp³-hybridized carbons (Fsp3) is 0.417. The largest absolute Gasteiger partial charge is 0.395 e. The van der Waals surface area contributed by atoms with Gasteiger partial charge in [-0.15, -0.1) is 10.2 Å². The van der Waals surface area contributed by atoms with Gasteiger partial charge in [-0.25, -0.2) is 4.98 Å². The number of aliphatic hydroxyl groups excluding tert-OH is 1. The topological polar surface area (TPSA) is 126 Å². The lowest BCUT2D eigenvalue weighted by Crippen LogP contribution is -2.45. The van der Waals surface area contributed by atoms with E-state index in [2.05, 4.69) is 30.0 Å². The van der Waals surface area contributed by atoms with Gasteiger partial charge in [0.2, 0.25) is 5.91 Å². The highest BCUT2D eigenvalue weighted by Crippen LogP contribution is 2.26. The maximum atomic E-state index is 12.9. The standard InChI is InChI=1S/C24H27N7O3/c1-24(2,14-32)23(34)30-10-8-15-12-25-18(11-16(15)13-30)22(33)27-19-6-3-5-17(26-19)21-29-28-20-7-4-9-31(20)21/h3,5-6,11-12,32H,4,7-10,13-14H2,1-2H3,(H,26,27,33). The molecule has 2 amide bonds. The molecule has 10 nitrogen and oxygen atoms in total. The average Bonchev–Trinajstić information content (AvgIpc) is 3.47. The molecule has 2 aliphatic heterocycles. The number of hydrogen-bond acceptors (Lipinski definition) is 7. The first-order chi connectivity index (χ1) is 16.4. The molecule has 10 heteroatoms. The van der Waals surface area contributed by atoms with Crippen molar-refractivity contribution < 1.29 is 14.7 Å². The van der Waals surface area contributed by atoms with Gasteiger partial charge >= 0.3 is 0 Å². The van der Waals surface area contributed by atoms with Crippen LogP contribution in [-0.4, -0.2) is 59.7 Å². The minimum atomic E-state index is -0.841. The Morgan fingerprint density at radius 3 is 2.82 bits per heavy atom. The fourth-order valence-electron chi connectivity index (χ4n) is 4.38. The summed E-state index contributed by atoms with van der Waals surface area (Å²) in [6.45, 7) is 5.04. The molecule has 0 unspecified atom stereocenters. The summed E-state index contributed by atoms with van der Waals surface area (Å²) in [5.74, 6) is 1.58. The molecule has 3 aromatic rings. The SMILES string of the molecule is CC(C)(CO)C(=O)N1CCc2cnc(C(=O)Nc3cccc(-c4nnc5n4CCC5)n3)cc2C1. The maximum Gasteiger partial charge on any atom is 0.275 e. The lowest BCUT2D eigenvalue weighted by molar-refractivity contribution is -0.143. The molecule has 0 bridgehead atoms. The van der Waals surface area contributed by atoms with Crippen LogP contribution in [0, 0.1) is 5.41 Å². The van der Waals surface area contributed by atoms with Crippen LogP contribution >= 0.6 is 0 Å². The molecule has 0 radical (unpaired) electrons. The normalized spacial score (nSPS) is 15.1. The molecule has 0 spiro atoms. The molecule has 0 fully saturated rings. The van der Waals surface area contributed by atoms with Crippen molar-refractivity contribution in [3.05, 3.63) is 53.1 Å². The summed E-state index contributed by atoms with van der Waals surface area (Å²) < 4.78 is 2.06. The molecule has 2 aliphatic rings. The average molecular weight is 462 g/mol. The van der Waals surface area contributed by atoms with Crippen molar-refractivity contribution in [2.75, 3.05) is 18.5 Å². The van der Waals surface area contributed by atoms with Crippen molar-refractivity contribution in [2.24, 2.45) is 5.41 Å². The number of aryl methyl sites for hydroxylation is 1. The number of nitrogens with one attached hydrogen (secondary N) is 1. The summed E-state index contributed by atoms with van der Waals surface area (Å²) in [7, 11) is 0. The van der Waals surface area contributed by atoms with Gasteiger partial charge in [0.15, 0.2) is 5.82 Å². The second-order valence-corrected chi connectivity index (χ2v) is 9.41. The number of anilines is 1. The first kappa shape index (κ1) is 22.1. The van der Waals surface area contributed by atoms with E-state index in [1.54, 1.807) is 37.1 Å². The highest BCUT2D eigenvalue weighted by molar-refractivity contribution is 6.02. The Labute approximate surface area is 197 Å². The molecular weight excluding hydrogens is 434 g/mol. The van der Waals surface area contributed by atoms with E-state index < -0.39 is 5.41 Å². The Kier molecular flexibility index (Phi) is 5.60. The summed E-state index contributed by atoms with van der Waals surface area (Å²) in [5, 5.41) is 20.8. The molecule has 0 aromatic carbocycles.